The summed E-state index contributed by atoms with van der Waals surface area (Å²) in [5.74, 6) is 1.31. The van der Waals surface area contributed by atoms with Crippen LogP contribution in [0.4, 0.5) is 10.1 Å². The Morgan fingerprint density at radius 3 is 2.24 bits per heavy atom. The highest BCUT2D eigenvalue weighted by Crippen LogP contribution is 2.08. The van der Waals surface area contributed by atoms with Crippen LogP contribution in [0.3, 0.4) is 0 Å². The number of amides is 2. The van der Waals surface area contributed by atoms with Crippen LogP contribution in [-0.2, 0) is 16.1 Å². The van der Waals surface area contributed by atoms with Crippen LogP contribution in [0.2, 0.25) is 0 Å². The Kier molecular flexibility index (Phi) is 7.00. The number of hydrogen-bond acceptors (Lipinski definition) is 3. The largest absolute Gasteiger partial charge is 0.464 e. The van der Waals surface area contributed by atoms with E-state index in [-0.39, 0.29) is 17.6 Å². The van der Waals surface area contributed by atoms with Gasteiger partial charge in [0, 0.05) is 12.7 Å². The molecule has 1 aliphatic rings. The summed E-state index contributed by atoms with van der Waals surface area (Å²) in [4.78, 5) is 28.8. The molecule has 0 radical (unpaired) electrons. The molecule has 1 aromatic carbocycles. The smallest absolute Gasteiger partial charge is 0.279 e. The van der Waals surface area contributed by atoms with Crippen LogP contribution in [-0.4, -0.2) is 63.0 Å². The van der Waals surface area contributed by atoms with Gasteiger partial charge in [-0.2, -0.15) is 0 Å². The number of carbonyl (C=O) groups is 2. The summed E-state index contributed by atoms with van der Waals surface area (Å²) >= 11 is 0. The molecule has 2 amide bonds. The first-order chi connectivity index (χ1) is 13.9. The maximum Gasteiger partial charge on any atom is 0.279 e. The predicted octanol–water partition coefficient (Wildman–Crippen LogP) is -0.892. The number of nitrogens with one attached hydrogen (secondary N) is 3. The van der Waals surface area contributed by atoms with E-state index in [4.69, 9.17) is 4.42 Å². The minimum Gasteiger partial charge on any atom is -0.464 e. The zero-order valence-electron chi connectivity index (χ0n) is 17.0. The normalized spacial score (nSPS) is 19.0. The standard InChI is InChI=1S/C21H27FN4O3/c1-16-3-8-19(29-16)13-24(2)21(28)15-26-11-9-25(10-12-26)14-20(27)23-18-6-4-17(22)5-7-18/h3-8H,9-15H2,1-2H3,(H,23,27)/p+2. The molecule has 2 heterocycles. The van der Waals surface area contributed by atoms with Crippen molar-refractivity contribution in [2.24, 2.45) is 0 Å². The molecule has 1 aliphatic heterocycles. The van der Waals surface area contributed by atoms with Gasteiger partial charge in [0.25, 0.3) is 11.8 Å². The number of anilines is 1. The van der Waals surface area contributed by atoms with Gasteiger partial charge in [-0.1, -0.05) is 0 Å². The SMILES string of the molecule is Cc1ccc(CN(C)C(=O)C[NH+]2CC[NH+](CC(=O)Nc3ccc(F)cc3)CC2)o1. The Balaban J connectivity index is 1.37. The van der Waals surface area contributed by atoms with Crippen LogP contribution in [0.5, 0.6) is 0 Å². The second kappa shape index (κ2) is 9.67. The second-order valence-electron chi connectivity index (χ2n) is 7.67. The molecule has 0 bridgehead atoms. The van der Waals surface area contributed by atoms with Crippen molar-refractivity contribution in [1.82, 2.24) is 4.90 Å². The summed E-state index contributed by atoms with van der Waals surface area (Å²) in [5.41, 5.74) is 0.598. The summed E-state index contributed by atoms with van der Waals surface area (Å²) in [6, 6.07) is 9.54. The highest BCUT2D eigenvalue weighted by atomic mass is 19.1. The number of likely N-dealkylation sites (N-methyl/N-ethyl adjacent to an activating group) is 1. The fraction of sp³-hybridized carbons (Fsp3) is 0.429. The van der Waals surface area contributed by atoms with E-state index in [1.54, 1.807) is 24.1 Å². The van der Waals surface area contributed by atoms with Gasteiger partial charge < -0.3 is 24.4 Å². The number of aryl methyl sites for hydroxylation is 1. The molecule has 8 heteroatoms. The first-order valence-electron chi connectivity index (χ1n) is 9.91. The molecule has 0 atom stereocenters. The van der Waals surface area contributed by atoms with Gasteiger partial charge in [0.15, 0.2) is 13.1 Å². The van der Waals surface area contributed by atoms with Crippen LogP contribution in [0, 0.1) is 12.7 Å². The molecule has 0 aliphatic carbocycles. The Hall–Kier alpha value is -2.71. The van der Waals surface area contributed by atoms with Gasteiger partial charge in [-0.3, -0.25) is 9.59 Å². The molecule has 2 aromatic rings. The highest BCUT2D eigenvalue weighted by molar-refractivity contribution is 5.91. The molecule has 1 saturated heterocycles. The molecule has 0 spiro atoms. The van der Waals surface area contributed by atoms with Crippen LogP contribution in [0.15, 0.2) is 40.8 Å². The summed E-state index contributed by atoms with van der Waals surface area (Å²) in [6.07, 6.45) is 0. The second-order valence-corrected chi connectivity index (χ2v) is 7.67. The summed E-state index contributed by atoms with van der Waals surface area (Å²) < 4.78 is 18.5. The summed E-state index contributed by atoms with van der Waals surface area (Å²) in [6.45, 7) is 6.54. The first-order valence-corrected chi connectivity index (χ1v) is 9.91. The number of carbonyl (C=O) groups excluding carboxylic acids is 2. The van der Waals surface area contributed by atoms with E-state index in [0.29, 0.717) is 25.3 Å². The van der Waals surface area contributed by atoms with Gasteiger partial charge in [0.05, 0.1) is 6.54 Å². The third kappa shape index (κ3) is 6.40. The number of piperazine rings is 1. The van der Waals surface area contributed by atoms with Gasteiger partial charge >= 0.3 is 0 Å². The lowest BCUT2D eigenvalue weighted by molar-refractivity contribution is -1.00. The van der Waals surface area contributed by atoms with Crippen molar-refractivity contribution in [3.63, 3.8) is 0 Å². The lowest BCUT2D eigenvalue weighted by atomic mass is 10.3. The Labute approximate surface area is 170 Å². The van der Waals surface area contributed by atoms with E-state index in [1.807, 2.05) is 19.1 Å². The Morgan fingerprint density at radius 2 is 1.66 bits per heavy atom. The van der Waals surface area contributed by atoms with E-state index >= 15 is 0 Å². The van der Waals surface area contributed by atoms with Crippen LogP contribution in [0.25, 0.3) is 0 Å². The lowest BCUT2D eigenvalue weighted by Gasteiger charge is -2.29. The molecule has 1 fully saturated rings. The lowest BCUT2D eigenvalue weighted by Crippen LogP contribution is -3.28. The first kappa shape index (κ1) is 21.0. The Morgan fingerprint density at radius 1 is 1.03 bits per heavy atom. The molecule has 156 valence electrons. The molecule has 29 heavy (non-hydrogen) atoms. The molecule has 3 N–H and O–H groups in total. The van der Waals surface area contributed by atoms with E-state index < -0.39 is 0 Å². The van der Waals surface area contributed by atoms with Crippen molar-refractivity contribution in [3.05, 3.63) is 53.7 Å². The van der Waals surface area contributed by atoms with Gasteiger partial charge in [-0.15, -0.1) is 0 Å². The third-order valence-corrected chi connectivity index (χ3v) is 5.22. The van der Waals surface area contributed by atoms with Crippen LogP contribution in [0.1, 0.15) is 11.5 Å². The van der Waals surface area contributed by atoms with Gasteiger partial charge in [-0.25, -0.2) is 4.39 Å². The number of hydrogen-bond donors (Lipinski definition) is 3. The topological polar surface area (TPSA) is 71.4 Å². The van der Waals surface area contributed by atoms with E-state index in [1.165, 1.54) is 21.9 Å². The summed E-state index contributed by atoms with van der Waals surface area (Å²) in [5, 5.41) is 2.80. The van der Waals surface area contributed by atoms with Gasteiger partial charge in [-0.05, 0) is 43.3 Å². The van der Waals surface area contributed by atoms with Crippen LogP contribution >= 0.6 is 0 Å². The zero-order chi connectivity index (χ0) is 20.8. The summed E-state index contributed by atoms with van der Waals surface area (Å²) in [7, 11) is 1.79. The van der Waals surface area contributed by atoms with Crippen molar-refractivity contribution in [1.29, 1.82) is 0 Å². The molecular weight excluding hydrogens is 375 g/mol. The van der Waals surface area contributed by atoms with Crippen molar-refractivity contribution < 1.29 is 28.2 Å². The van der Waals surface area contributed by atoms with Crippen molar-refractivity contribution in [2.45, 2.75) is 13.5 Å². The van der Waals surface area contributed by atoms with Gasteiger partial charge in [0.1, 0.15) is 43.5 Å². The average Bonchev–Trinajstić information content (AvgIpc) is 3.09. The fourth-order valence-electron chi connectivity index (χ4n) is 3.52. The molecule has 3 rings (SSSR count). The van der Waals surface area contributed by atoms with E-state index in [9.17, 15) is 14.0 Å². The quantitative estimate of drug-likeness (QED) is 0.561. The third-order valence-electron chi connectivity index (χ3n) is 5.22. The maximum atomic E-state index is 12.9. The van der Waals surface area contributed by atoms with Crippen molar-refractivity contribution in [3.8, 4) is 0 Å². The van der Waals surface area contributed by atoms with Crippen molar-refractivity contribution >= 4 is 17.5 Å². The Bertz CT molecular complexity index is 829. The number of rotatable bonds is 7. The molecule has 0 unspecified atom stereocenters. The number of nitrogens with zero attached hydrogens (tertiary/aromatic N) is 1. The minimum absolute atomic E-state index is 0.0837. The number of halogens is 1. The predicted molar refractivity (Wildman–Crippen MR) is 106 cm³/mol. The molecule has 7 nitrogen and oxygen atoms in total. The number of furan rings is 1. The van der Waals surface area contributed by atoms with E-state index in [2.05, 4.69) is 5.32 Å². The van der Waals surface area contributed by atoms with E-state index in [0.717, 1.165) is 37.7 Å². The van der Waals surface area contributed by atoms with Crippen LogP contribution < -0.4 is 15.1 Å². The molecule has 0 saturated carbocycles. The van der Waals surface area contributed by atoms with Gasteiger partial charge in [0.2, 0.25) is 0 Å². The number of benzene rings is 1. The molecule has 1 aromatic heterocycles. The average molecular weight is 404 g/mol. The maximum absolute atomic E-state index is 12.9. The van der Waals surface area contributed by atoms with Crippen molar-refractivity contribution in [2.75, 3.05) is 51.6 Å². The number of quaternary nitrogens is 2. The zero-order valence-corrected chi connectivity index (χ0v) is 17.0. The minimum atomic E-state index is -0.327. The monoisotopic (exact) mass is 404 g/mol. The highest BCUT2D eigenvalue weighted by Gasteiger charge is 2.27. The fourth-order valence-corrected chi connectivity index (χ4v) is 3.52. The molecular formula is C21H29FN4O3+2.